The molecule has 0 bridgehead atoms. The van der Waals surface area contributed by atoms with Gasteiger partial charge in [0.2, 0.25) is 0 Å². The summed E-state index contributed by atoms with van der Waals surface area (Å²) in [5, 5.41) is 3.68. The summed E-state index contributed by atoms with van der Waals surface area (Å²) < 4.78 is 9.67. The molecule has 0 radical (unpaired) electrons. The van der Waals surface area contributed by atoms with Gasteiger partial charge < -0.3 is 9.26 Å². The van der Waals surface area contributed by atoms with Gasteiger partial charge in [0.15, 0.2) is 5.69 Å². The smallest absolute Gasteiger partial charge is 0.360 e. The van der Waals surface area contributed by atoms with Gasteiger partial charge in [-0.25, -0.2) is 4.79 Å². The van der Waals surface area contributed by atoms with Crippen LogP contribution < -0.4 is 0 Å². The lowest BCUT2D eigenvalue weighted by Gasteiger charge is -2.00. The minimum Gasteiger partial charge on any atom is -0.464 e. The minimum atomic E-state index is -0.432. The largest absolute Gasteiger partial charge is 0.464 e. The SMILES string of the molecule is COC(=O)c1cc(C2CCCC2)on1. The Balaban J connectivity index is 2.12. The molecule has 0 saturated heterocycles. The topological polar surface area (TPSA) is 52.3 Å². The fraction of sp³-hybridized carbons (Fsp3) is 0.600. The molecule has 1 aliphatic carbocycles. The lowest BCUT2D eigenvalue weighted by atomic mass is 10.1. The summed E-state index contributed by atoms with van der Waals surface area (Å²) in [6.45, 7) is 0. The molecular formula is C10H13NO3. The molecule has 14 heavy (non-hydrogen) atoms. The van der Waals surface area contributed by atoms with Gasteiger partial charge in [0, 0.05) is 12.0 Å². The summed E-state index contributed by atoms with van der Waals surface area (Å²) in [6.07, 6.45) is 4.74. The molecule has 1 fully saturated rings. The monoisotopic (exact) mass is 195 g/mol. The summed E-state index contributed by atoms with van der Waals surface area (Å²) in [5.41, 5.74) is 0.273. The van der Waals surface area contributed by atoms with Crippen LogP contribution in [0.2, 0.25) is 0 Å². The molecule has 1 heterocycles. The molecule has 4 nitrogen and oxygen atoms in total. The number of nitrogens with zero attached hydrogens (tertiary/aromatic N) is 1. The highest BCUT2D eigenvalue weighted by molar-refractivity contribution is 5.86. The average Bonchev–Trinajstić information content (AvgIpc) is 2.86. The Labute approximate surface area is 82.2 Å². The quantitative estimate of drug-likeness (QED) is 0.678. The lowest BCUT2D eigenvalue weighted by molar-refractivity contribution is 0.0589. The Hall–Kier alpha value is -1.32. The zero-order valence-corrected chi connectivity index (χ0v) is 8.16. The predicted molar refractivity (Wildman–Crippen MR) is 49.1 cm³/mol. The number of carbonyl (C=O) groups excluding carboxylic acids is 1. The van der Waals surface area contributed by atoms with E-state index < -0.39 is 5.97 Å². The van der Waals surface area contributed by atoms with Crippen molar-refractivity contribution in [2.24, 2.45) is 0 Å². The van der Waals surface area contributed by atoms with Crippen LogP contribution in [0, 0.1) is 0 Å². The van der Waals surface area contributed by atoms with Crippen LogP contribution in [0.25, 0.3) is 0 Å². The third-order valence-corrected chi connectivity index (χ3v) is 2.68. The Kier molecular flexibility index (Phi) is 2.52. The predicted octanol–water partition coefficient (Wildman–Crippen LogP) is 2.12. The summed E-state index contributed by atoms with van der Waals surface area (Å²) in [7, 11) is 1.34. The van der Waals surface area contributed by atoms with Gasteiger partial charge in [-0.05, 0) is 12.8 Å². The highest BCUT2D eigenvalue weighted by atomic mass is 16.5. The van der Waals surface area contributed by atoms with Gasteiger partial charge in [-0.15, -0.1) is 0 Å². The van der Waals surface area contributed by atoms with Crippen LogP contribution in [0.15, 0.2) is 10.6 Å². The first-order valence-electron chi connectivity index (χ1n) is 4.86. The summed E-state index contributed by atoms with van der Waals surface area (Å²) >= 11 is 0. The van der Waals surface area contributed by atoms with Crippen LogP contribution in [0.1, 0.15) is 47.8 Å². The summed E-state index contributed by atoms with van der Waals surface area (Å²) in [5.74, 6) is 0.835. The number of carbonyl (C=O) groups is 1. The number of aromatic nitrogens is 1. The van der Waals surface area contributed by atoms with E-state index in [9.17, 15) is 4.79 Å². The molecule has 4 heteroatoms. The van der Waals surface area contributed by atoms with E-state index in [1.165, 1.54) is 20.0 Å². The second kappa shape index (κ2) is 3.82. The molecule has 0 N–H and O–H groups in total. The maximum atomic E-state index is 11.1. The van der Waals surface area contributed by atoms with Crippen LogP contribution in [0.3, 0.4) is 0 Å². The van der Waals surface area contributed by atoms with Gasteiger partial charge in [0.05, 0.1) is 7.11 Å². The molecular weight excluding hydrogens is 182 g/mol. The van der Waals surface area contributed by atoms with Crippen molar-refractivity contribution < 1.29 is 14.1 Å². The highest BCUT2D eigenvalue weighted by Crippen LogP contribution is 2.34. The maximum Gasteiger partial charge on any atom is 0.360 e. The van der Waals surface area contributed by atoms with Gasteiger partial charge in [-0.2, -0.15) is 0 Å². The van der Waals surface area contributed by atoms with Gasteiger partial charge >= 0.3 is 5.97 Å². The Morgan fingerprint density at radius 1 is 1.57 bits per heavy atom. The van der Waals surface area contributed by atoms with E-state index in [0.717, 1.165) is 18.6 Å². The van der Waals surface area contributed by atoms with Gasteiger partial charge in [-0.1, -0.05) is 18.0 Å². The van der Waals surface area contributed by atoms with Crippen molar-refractivity contribution in [2.45, 2.75) is 31.6 Å². The molecule has 0 amide bonds. The number of esters is 1. The first kappa shape index (κ1) is 9.24. The van der Waals surface area contributed by atoms with Crippen molar-refractivity contribution in [1.29, 1.82) is 0 Å². The normalized spacial score (nSPS) is 17.2. The Morgan fingerprint density at radius 2 is 2.29 bits per heavy atom. The van der Waals surface area contributed by atoms with E-state index in [4.69, 9.17) is 4.52 Å². The first-order valence-corrected chi connectivity index (χ1v) is 4.86. The molecule has 0 spiro atoms. The first-order chi connectivity index (χ1) is 6.81. The molecule has 0 unspecified atom stereocenters. The minimum absolute atomic E-state index is 0.273. The van der Waals surface area contributed by atoms with Crippen molar-refractivity contribution in [3.05, 3.63) is 17.5 Å². The fourth-order valence-corrected chi connectivity index (χ4v) is 1.89. The van der Waals surface area contributed by atoms with E-state index >= 15 is 0 Å². The van der Waals surface area contributed by atoms with E-state index in [1.807, 2.05) is 0 Å². The second-order valence-electron chi connectivity index (χ2n) is 3.59. The van der Waals surface area contributed by atoms with Crippen molar-refractivity contribution in [3.8, 4) is 0 Å². The Morgan fingerprint density at radius 3 is 2.93 bits per heavy atom. The standard InChI is InChI=1S/C10H13NO3/c1-13-10(12)8-6-9(14-11-8)7-4-2-3-5-7/h6-7H,2-5H2,1H3. The van der Waals surface area contributed by atoms with Crippen molar-refractivity contribution in [2.75, 3.05) is 7.11 Å². The molecule has 1 aromatic heterocycles. The number of ether oxygens (including phenoxy) is 1. The third-order valence-electron chi connectivity index (χ3n) is 2.68. The molecule has 0 aliphatic heterocycles. The molecule has 2 rings (SSSR count). The summed E-state index contributed by atoms with van der Waals surface area (Å²) in [4.78, 5) is 11.1. The van der Waals surface area contributed by atoms with Crippen LogP contribution >= 0.6 is 0 Å². The van der Waals surface area contributed by atoms with E-state index in [0.29, 0.717) is 5.92 Å². The van der Waals surface area contributed by atoms with Crippen LogP contribution in [0.5, 0.6) is 0 Å². The summed E-state index contributed by atoms with van der Waals surface area (Å²) in [6, 6.07) is 1.70. The molecule has 0 atom stereocenters. The average molecular weight is 195 g/mol. The van der Waals surface area contributed by atoms with Crippen molar-refractivity contribution in [1.82, 2.24) is 5.16 Å². The van der Waals surface area contributed by atoms with Crippen LogP contribution in [0.4, 0.5) is 0 Å². The van der Waals surface area contributed by atoms with Crippen molar-refractivity contribution in [3.63, 3.8) is 0 Å². The number of hydrogen-bond donors (Lipinski definition) is 0. The van der Waals surface area contributed by atoms with E-state index in [1.54, 1.807) is 6.07 Å². The van der Waals surface area contributed by atoms with Crippen molar-refractivity contribution >= 4 is 5.97 Å². The zero-order chi connectivity index (χ0) is 9.97. The third kappa shape index (κ3) is 1.64. The highest BCUT2D eigenvalue weighted by Gasteiger charge is 2.23. The van der Waals surface area contributed by atoms with Crippen LogP contribution in [-0.2, 0) is 4.74 Å². The van der Waals surface area contributed by atoms with Gasteiger partial charge in [-0.3, -0.25) is 0 Å². The van der Waals surface area contributed by atoms with Gasteiger partial charge in [0.1, 0.15) is 5.76 Å². The number of methoxy groups -OCH3 is 1. The van der Waals surface area contributed by atoms with E-state index in [2.05, 4.69) is 9.89 Å². The molecule has 76 valence electrons. The van der Waals surface area contributed by atoms with Crippen LogP contribution in [-0.4, -0.2) is 18.2 Å². The lowest BCUT2D eigenvalue weighted by Crippen LogP contribution is -2.00. The molecule has 1 aromatic rings. The fourth-order valence-electron chi connectivity index (χ4n) is 1.89. The second-order valence-corrected chi connectivity index (χ2v) is 3.59. The number of rotatable bonds is 2. The Bertz CT molecular complexity index is 326. The molecule has 1 aliphatic rings. The molecule has 0 aromatic carbocycles. The maximum absolute atomic E-state index is 11.1. The number of hydrogen-bond acceptors (Lipinski definition) is 4. The van der Waals surface area contributed by atoms with Gasteiger partial charge in [0.25, 0.3) is 0 Å². The van der Waals surface area contributed by atoms with E-state index in [-0.39, 0.29) is 5.69 Å². The molecule has 1 saturated carbocycles. The zero-order valence-electron chi connectivity index (χ0n) is 8.16.